The van der Waals surface area contributed by atoms with Crippen LogP contribution in [-0.2, 0) is 21.2 Å². The van der Waals surface area contributed by atoms with E-state index in [1.807, 2.05) is 35.7 Å². The van der Waals surface area contributed by atoms with Crippen molar-refractivity contribution in [3.05, 3.63) is 46.2 Å². The van der Waals surface area contributed by atoms with Crippen molar-refractivity contribution in [3.63, 3.8) is 0 Å². The molecule has 118 valence electrons. The van der Waals surface area contributed by atoms with Crippen LogP contribution in [0.3, 0.4) is 0 Å². The maximum atomic E-state index is 11.2. The molecule has 0 spiro atoms. The van der Waals surface area contributed by atoms with Gasteiger partial charge in [0.2, 0.25) is 10.0 Å². The number of sulfonamides is 1. The summed E-state index contributed by atoms with van der Waals surface area (Å²) in [6.45, 7) is 1.78. The number of carboxylic acid groups (broad SMARTS) is 1. The molecule has 0 aliphatic carbocycles. The molecular weight excluding hydrogens is 322 g/mol. The number of nitrogens with one attached hydrogen (secondary N) is 1. The Bertz CT molecular complexity index is 763. The van der Waals surface area contributed by atoms with E-state index in [1.54, 1.807) is 6.92 Å². The predicted molar refractivity (Wildman–Crippen MR) is 87.5 cm³/mol. The molecule has 0 saturated heterocycles. The van der Waals surface area contributed by atoms with Crippen molar-refractivity contribution < 1.29 is 18.3 Å². The standard InChI is InChI=1S/C15H17NO4S2/c1-10(16-22(2,19)20)11-3-5-12(6-4-11)13-7-14(21-9-13)8-15(17)18/h3-7,9-10,16H,8H2,1-2H3,(H,17,18)/t10-/m0/s1. The van der Waals surface area contributed by atoms with Gasteiger partial charge in [0.25, 0.3) is 0 Å². The van der Waals surface area contributed by atoms with Gasteiger partial charge in [0.05, 0.1) is 12.7 Å². The molecule has 2 rings (SSSR count). The number of benzene rings is 1. The largest absolute Gasteiger partial charge is 0.481 e. The summed E-state index contributed by atoms with van der Waals surface area (Å²) in [5.41, 5.74) is 2.81. The van der Waals surface area contributed by atoms with Gasteiger partial charge in [-0.3, -0.25) is 4.79 Å². The normalized spacial score (nSPS) is 13.0. The minimum absolute atomic E-state index is 0.0259. The monoisotopic (exact) mass is 339 g/mol. The summed E-state index contributed by atoms with van der Waals surface area (Å²) in [5, 5.41) is 10.7. The molecular formula is C15H17NO4S2. The maximum absolute atomic E-state index is 11.2. The number of rotatable bonds is 6. The lowest BCUT2D eigenvalue weighted by Crippen LogP contribution is -2.25. The van der Waals surface area contributed by atoms with Crippen molar-refractivity contribution in [2.45, 2.75) is 19.4 Å². The van der Waals surface area contributed by atoms with Crippen LogP contribution in [0.15, 0.2) is 35.7 Å². The minimum atomic E-state index is -3.25. The lowest BCUT2D eigenvalue weighted by atomic mass is 10.0. The molecule has 2 aromatic rings. The molecule has 0 bridgehead atoms. The summed E-state index contributed by atoms with van der Waals surface area (Å²) in [4.78, 5) is 11.5. The van der Waals surface area contributed by atoms with Gasteiger partial charge in [0.1, 0.15) is 0 Å². The molecule has 2 N–H and O–H groups in total. The van der Waals surface area contributed by atoms with Crippen molar-refractivity contribution in [1.29, 1.82) is 0 Å². The molecule has 0 aliphatic rings. The van der Waals surface area contributed by atoms with Crippen LogP contribution in [0.2, 0.25) is 0 Å². The van der Waals surface area contributed by atoms with Crippen LogP contribution >= 0.6 is 11.3 Å². The van der Waals surface area contributed by atoms with Crippen LogP contribution in [0, 0.1) is 0 Å². The highest BCUT2D eigenvalue weighted by Crippen LogP contribution is 2.27. The summed E-state index contributed by atoms with van der Waals surface area (Å²) in [6, 6.07) is 9.12. The van der Waals surface area contributed by atoms with E-state index in [2.05, 4.69) is 4.72 Å². The molecule has 0 fully saturated rings. The highest BCUT2D eigenvalue weighted by atomic mass is 32.2. The van der Waals surface area contributed by atoms with Crippen LogP contribution in [0.4, 0.5) is 0 Å². The van der Waals surface area contributed by atoms with Crippen LogP contribution < -0.4 is 4.72 Å². The average molecular weight is 339 g/mol. The van der Waals surface area contributed by atoms with Crippen LogP contribution in [0.5, 0.6) is 0 Å². The molecule has 0 aliphatic heterocycles. The van der Waals surface area contributed by atoms with E-state index in [0.717, 1.165) is 27.8 Å². The van der Waals surface area contributed by atoms with Gasteiger partial charge in [-0.15, -0.1) is 11.3 Å². The van der Waals surface area contributed by atoms with Gasteiger partial charge in [0.15, 0.2) is 0 Å². The molecule has 1 aromatic carbocycles. The first-order valence-corrected chi connectivity index (χ1v) is 9.38. The summed E-state index contributed by atoms with van der Waals surface area (Å²) in [5.74, 6) is -0.843. The topological polar surface area (TPSA) is 83.5 Å². The number of carboxylic acids is 1. The average Bonchev–Trinajstić information content (AvgIpc) is 2.84. The Hall–Kier alpha value is -1.70. The van der Waals surface area contributed by atoms with E-state index in [1.165, 1.54) is 11.3 Å². The first kappa shape index (κ1) is 16.7. The quantitative estimate of drug-likeness (QED) is 0.847. The molecule has 22 heavy (non-hydrogen) atoms. The van der Waals surface area contributed by atoms with Gasteiger partial charge in [-0.05, 0) is 35.1 Å². The molecule has 5 nitrogen and oxygen atoms in total. The second-order valence-corrected chi connectivity index (χ2v) is 7.88. The van der Waals surface area contributed by atoms with Crippen molar-refractivity contribution in [3.8, 4) is 11.1 Å². The molecule has 1 atom stereocenters. The van der Waals surface area contributed by atoms with E-state index < -0.39 is 16.0 Å². The first-order chi connectivity index (χ1) is 10.2. The fourth-order valence-electron chi connectivity index (χ4n) is 2.13. The summed E-state index contributed by atoms with van der Waals surface area (Å²) in [7, 11) is -3.25. The SMILES string of the molecule is C[C@H](NS(C)(=O)=O)c1ccc(-c2csc(CC(=O)O)c2)cc1. The Kier molecular flexibility index (Phi) is 5.00. The van der Waals surface area contributed by atoms with Crippen LogP contribution in [0.1, 0.15) is 23.4 Å². The summed E-state index contributed by atoms with van der Waals surface area (Å²) < 4.78 is 25.0. The van der Waals surface area contributed by atoms with E-state index in [4.69, 9.17) is 5.11 Å². The molecule has 0 amide bonds. The molecule has 1 aromatic heterocycles. The Morgan fingerprint density at radius 1 is 1.27 bits per heavy atom. The summed E-state index contributed by atoms with van der Waals surface area (Å²) in [6.07, 6.45) is 1.16. The van der Waals surface area contributed by atoms with Gasteiger partial charge in [-0.2, -0.15) is 0 Å². The van der Waals surface area contributed by atoms with Gasteiger partial charge in [-0.25, -0.2) is 13.1 Å². The Morgan fingerprint density at radius 3 is 2.45 bits per heavy atom. The molecule has 7 heteroatoms. The number of carbonyl (C=O) groups is 1. The fraction of sp³-hybridized carbons (Fsp3) is 0.267. The lowest BCUT2D eigenvalue weighted by molar-refractivity contribution is -0.136. The zero-order valence-electron chi connectivity index (χ0n) is 12.2. The van der Waals surface area contributed by atoms with Crippen molar-refractivity contribution in [1.82, 2.24) is 4.72 Å². The zero-order valence-corrected chi connectivity index (χ0v) is 13.9. The number of aliphatic carboxylic acids is 1. The first-order valence-electron chi connectivity index (χ1n) is 6.61. The Labute approximate surface area is 133 Å². The number of thiophene rings is 1. The van der Waals surface area contributed by atoms with E-state index in [-0.39, 0.29) is 12.5 Å². The van der Waals surface area contributed by atoms with Gasteiger partial charge < -0.3 is 5.11 Å². The van der Waals surface area contributed by atoms with Crippen molar-refractivity contribution >= 4 is 27.3 Å². The smallest absolute Gasteiger partial charge is 0.308 e. The molecule has 1 heterocycles. The summed E-state index contributed by atoms with van der Waals surface area (Å²) >= 11 is 1.42. The fourth-order valence-corrected chi connectivity index (χ4v) is 3.79. The van der Waals surface area contributed by atoms with Gasteiger partial charge >= 0.3 is 5.97 Å². The second kappa shape index (κ2) is 6.60. The van der Waals surface area contributed by atoms with Gasteiger partial charge in [-0.1, -0.05) is 24.3 Å². The molecule has 0 radical (unpaired) electrons. The third-order valence-electron chi connectivity index (χ3n) is 3.11. The van der Waals surface area contributed by atoms with Crippen LogP contribution in [-0.4, -0.2) is 25.7 Å². The van der Waals surface area contributed by atoms with E-state index in [9.17, 15) is 13.2 Å². The second-order valence-electron chi connectivity index (χ2n) is 5.11. The van der Waals surface area contributed by atoms with E-state index in [0.29, 0.717) is 0 Å². The predicted octanol–water partition coefficient (Wildman–Crippen LogP) is 2.65. The van der Waals surface area contributed by atoms with Crippen molar-refractivity contribution in [2.24, 2.45) is 0 Å². The van der Waals surface area contributed by atoms with E-state index >= 15 is 0 Å². The molecule has 0 unspecified atom stereocenters. The third-order valence-corrected chi connectivity index (χ3v) is 4.83. The highest BCUT2D eigenvalue weighted by molar-refractivity contribution is 7.88. The third kappa shape index (κ3) is 4.66. The van der Waals surface area contributed by atoms with Crippen LogP contribution in [0.25, 0.3) is 11.1 Å². The molecule has 0 saturated carbocycles. The Balaban J connectivity index is 2.14. The number of hydrogen-bond donors (Lipinski definition) is 2. The maximum Gasteiger partial charge on any atom is 0.308 e. The highest BCUT2D eigenvalue weighted by Gasteiger charge is 2.11. The minimum Gasteiger partial charge on any atom is -0.481 e. The zero-order chi connectivity index (χ0) is 16.3. The Morgan fingerprint density at radius 2 is 1.91 bits per heavy atom. The number of hydrogen-bond acceptors (Lipinski definition) is 4. The van der Waals surface area contributed by atoms with Crippen molar-refractivity contribution in [2.75, 3.05) is 6.26 Å². The van der Waals surface area contributed by atoms with Gasteiger partial charge in [0, 0.05) is 10.9 Å². The lowest BCUT2D eigenvalue weighted by Gasteiger charge is -2.12.